The van der Waals surface area contributed by atoms with Crippen LogP contribution in [0.1, 0.15) is 66.2 Å². The van der Waals surface area contributed by atoms with Crippen LogP contribution in [0, 0.1) is 0 Å². The summed E-state index contributed by atoms with van der Waals surface area (Å²) in [5.41, 5.74) is 1.84. The summed E-state index contributed by atoms with van der Waals surface area (Å²) >= 11 is 0. The maximum atomic E-state index is 2.71. The van der Waals surface area contributed by atoms with E-state index >= 15 is 0 Å². The molecule has 2 nitrogen and oxygen atoms in total. The van der Waals surface area contributed by atoms with E-state index < -0.39 is 0 Å². The number of allylic oxidation sites excluding steroid dienone is 1. The number of hydrogen-bond donors (Lipinski definition) is 0. The van der Waals surface area contributed by atoms with E-state index in [1.54, 1.807) is 5.57 Å². The molecule has 2 fully saturated rings. The number of hydrogen-bond acceptors (Lipinski definition) is 2. The highest BCUT2D eigenvalue weighted by molar-refractivity contribution is 5.23. The molecule has 0 saturated carbocycles. The van der Waals surface area contributed by atoms with Crippen molar-refractivity contribution in [1.82, 2.24) is 9.80 Å². The van der Waals surface area contributed by atoms with Crippen LogP contribution in [-0.4, -0.2) is 47.6 Å². The summed E-state index contributed by atoms with van der Waals surface area (Å²) in [7, 11) is 0. The van der Waals surface area contributed by atoms with Crippen molar-refractivity contribution in [1.29, 1.82) is 0 Å². The Morgan fingerprint density at radius 1 is 0.900 bits per heavy atom. The molecule has 0 radical (unpaired) electrons. The van der Waals surface area contributed by atoms with Gasteiger partial charge in [-0.2, -0.15) is 0 Å². The van der Waals surface area contributed by atoms with Crippen molar-refractivity contribution in [2.45, 2.75) is 77.8 Å². The second kappa shape index (κ2) is 7.09. The average Bonchev–Trinajstić information content (AvgIpc) is 2.49. The fourth-order valence-electron chi connectivity index (χ4n) is 4.24. The molecular weight excluding hydrogens is 244 g/mol. The molecule has 0 N–H and O–H groups in total. The van der Waals surface area contributed by atoms with Gasteiger partial charge in [0.25, 0.3) is 0 Å². The molecule has 0 spiro atoms. The number of likely N-dealkylation sites (tertiary alicyclic amines) is 2. The zero-order chi connectivity index (χ0) is 14.6. The van der Waals surface area contributed by atoms with Crippen LogP contribution < -0.4 is 0 Å². The maximum Gasteiger partial charge on any atom is 0.0379 e. The van der Waals surface area contributed by atoms with Crippen molar-refractivity contribution < 1.29 is 0 Å². The van der Waals surface area contributed by atoms with Crippen LogP contribution in [-0.2, 0) is 0 Å². The van der Waals surface area contributed by atoms with Gasteiger partial charge < -0.3 is 0 Å². The second-order valence-electron chi connectivity index (χ2n) is 7.12. The third-order valence-corrected chi connectivity index (χ3v) is 5.55. The molecule has 0 aromatic carbocycles. The van der Waals surface area contributed by atoms with E-state index in [4.69, 9.17) is 0 Å². The first-order valence-electron chi connectivity index (χ1n) is 8.73. The molecule has 0 bridgehead atoms. The molecule has 2 heteroatoms. The molecule has 1 unspecified atom stereocenters. The Morgan fingerprint density at radius 2 is 1.40 bits per heavy atom. The van der Waals surface area contributed by atoms with Gasteiger partial charge >= 0.3 is 0 Å². The predicted molar refractivity (Wildman–Crippen MR) is 88.1 cm³/mol. The Kier molecular flexibility index (Phi) is 5.68. The van der Waals surface area contributed by atoms with E-state index in [1.807, 2.05) is 0 Å². The highest BCUT2D eigenvalue weighted by atomic mass is 15.2. The minimum atomic E-state index is 0.214. The molecule has 2 rings (SSSR count). The highest BCUT2D eigenvalue weighted by Gasteiger charge is 2.35. The van der Waals surface area contributed by atoms with Crippen LogP contribution in [0.15, 0.2) is 11.6 Å². The van der Waals surface area contributed by atoms with Crippen molar-refractivity contribution >= 4 is 0 Å². The number of rotatable bonds is 4. The van der Waals surface area contributed by atoms with Gasteiger partial charge in [0, 0.05) is 11.6 Å². The van der Waals surface area contributed by atoms with Gasteiger partial charge in [-0.15, -0.1) is 0 Å². The second-order valence-corrected chi connectivity index (χ2v) is 7.12. The van der Waals surface area contributed by atoms with Crippen LogP contribution >= 0.6 is 0 Å². The molecule has 2 saturated heterocycles. The van der Waals surface area contributed by atoms with Crippen molar-refractivity contribution in [2.75, 3.05) is 26.2 Å². The first-order chi connectivity index (χ1) is 9.57. The molecule has 2 heterocycles. The van der Waals surface area contributed by atoms with Gasteiger partial charge in [-0.1, -0.05) is 18.9 Å². The van der Waals surface area contributed by atoms with Gasteiger partial charge in [0.05, 0.1) is 0 Å². The van der Waals surface area contributed by atoms with Gasteiger partial charge in [-0.25, -0.2) is 0 Å². The van der Waals surface area contributed by atoms with E-state index in [1.165, 1.54) is 64.7 Å². The van der Waals surface area contributed by atoms with Crippen molar-refractivity contribution in [3.05, 3.63) is 11.6 Å². The third kappa shape index (κ3) is 3.46. The largest absolute Gasteiger partial charge is 0.297 e. The van der Waals surface area contributed by atoms with E-state index in [9.17, 15) is 0 Å². The lowest BCUT2D eigenvalue weighted by Gasteiger charge is -2.47. The van der Waals surface area contributed by atoms with Gasteiger partial charge in [-0.3, -0.25) is 9.80 Å². The van der Waals surface area contributed by atoms with Crippen LogP contribution in [0.5, 0.6) is 0 Å². The van der Waals surface area contributed by atoms with Gasteiger partial charge in [0.1, 0.15) is 0 Å². The summed E-state index contributed by atoms with van der Waals surface area (Å²) in [5, 5.41) is 0. The lowest BCUT2D eigenvalue weighted by atomic mass is 9.84. The molecule has 0 amide bonds. The first-order valence-corrected chi connectivity index (χ1v) is 8.73. The van der Waals surface area contributed by atoms with Crippen molar-refractivity contribution in [2.24, 2.45) is 0 Å². The quantitative estimate of drug-likeness (QED) is 0.715. The number of piperidine rings is 2. The molecule has 116 valence electrons. The van der Waals surface area contributed by atoms with Crippen molar-refractivity contribution in [3.63, 3.8) is 0 Å². The maximum absolute atomic E-state index is 2.71. The van der Waals surface area contributed by atoms with Crippen LogP contribution in [0.4, 0.5) is 0 Å². The van der Waals surface area contributed by atoms with Gasteiger partial charge in [0.15, 0.2) is 0 Å². The Balaban J connectivity index is 2.08. The normalized spacial score (nSPS) is 25.7. The monoisotopic (exact) mass is 278 g/mol. The van der Waals surface area contributed by atoms with Crippen LogP contribution in [0.25, 0.3) is 0 Å². The lowest BCUT2D eigenvalue weighted by molar-refractivity contribution is 0.0989. The fraction of sp³-hybridized carbons (Fsp3) is 0.889. The molecule has 0 aromatic heterocycles. The zero-order valence-electron chi connectivity index (χ0n) is 14.1. The molecule has 2 aliphatic heterocycles. The third-order valence-electron chi connectivity index (χ3n) is 5.55. The molecule has 0 aromatic rings. The van der Waals surface area contributed by atoms with Crippen LogP contribution in [0.2, 0.25) is 0 Å². The molecular formula is C18H34N2. The summed E-state index contributed by atoms with van der Waals surface area (Å²) < 4.78 is 0. The van der Waals surface area contributed by atoms with E-state index in [2.05, 4.69) is 43.6 Å². The Morgan fingerprint density at radius 3 is 1.90 bits per heavy atom. The van der Waals surface area contributed by atoms with Gasteiger partial charge in [0.2, 0.25) is 0 Å². The van der Waals surface area contributed by atoms with E-state index in [0.717, 1.165) is 0 Å². The Hall–Kier alpha value is -0.340. The van der Waals surface area contributed by atoms with Crippen molar-refractivity contribution in [3.8, 4) is 0 Å². The topological polar surface area (TPSA) is 6.48 Å². The Bertz CT molecular complexity index is 320. The van der Waals surface area contributed by atoms with Gasteiger partial charge in [-0.05, 0) is 85.1 Å². The summed E-state index contributed by atoms with van der Waals surface area (Å²) in [5.74, 6) is 0. The summed E-state index contributed by atoms with van der Waals surface area (Å²) in [6.45, 7) is 14.7. The van der Waals surface area contributed by atoms with E-state index in [0.29, 0.717) is 6.04 Å². The minimum absolute atomic E-state index is 0.214. The zero-order valence-corrected chi connectivity index (χ0v) is 14.1. The smallest absolute Gasteiger partial charge is 0.0379 e. The fourth-order valence-corrected chi connectivity index (χ4v) is 4.24. The summed E-state index contributed by atoms with van der Waals surface area (Å²) in [6, 6.07) is 0.595. The van der Waals surface area contributed by atoms with Crippen LogP contribution in [0.3, 0.4) is 0 Å². The SMILES string of the molecule is C/C=C(\C(C)N1CCCCC1)C(C)(C)N1CCCCC1. The standard InChI is InChI=1S/C18H34N2/c1-5-17(16(2)19-12-8-6-9-13-19)18(3,4)20-14-10-7-11-15-20/h5,16H,6-15H2,1-4H3/b17-5+. The predicted octanol–water partition coefficient (Wildman–Crippen LogP) is 4.07. The average molecular weight is 278 g/mol. The van der Waals surface area contributed by atoms with E-state index in [-0.39, 0.29) is 5.54 Å². The molecule has 1 atom stereocenters. The number of nitrogens with zero attached hydrogens (tertiary/aromatic N) is 2. The highest BCUT2D eigenvalue weighted by Crippen LogP contribution is 2.32. The minimum Gasteiger partial charge on any atom is -0.297 e. The molecule has 20 heavy (non-hydrogen) atoms. The Labute approximate surface area is 126 Å². The molecule has 2 aliphatic rings. The lowest BCUT2D eigenvalue weighted by Crippen LogP contribution is -2.53. The molecule has 0 aliphatic carbocycles. The summed E-state index contributed by atoms with van der Waals surface area (Å²) in [6.07, 6.45) is 10.7. The summed E-state index contributed by atoms with van der Waals surface area (Å²) in [4.78, 5) is 5.41. The first kappa shape index (κ1) is 16.0.